The smallest absolute Gasteiger partial charge is 0.459 e. The Labute approximate surface area is 161 Å². The van der Waals surface area contributed by atoms with Crippen LogP contribution < -0.4 is 15.3 Å². The molecule has 3 N–H and O–H groups in total. The molecular weight excluding hydrogens is 371 g/mol. The first-order valence-electron chi connectivity index (χ1n) is 8.91. The Kier molecular flexibility index (Phi) is 9.98. The predicted octanol–water partition coefficient (Wildman–Crippen LogP) is 2.87. The van der Waals surface area contributed by atoms with E-state index in [4.69, 9.17) is 24.3 Å². The molecule has 0 heterocycles. The predicted molar refractivity (Wildman–Crippen MR) is 104 cm³/mol. The molecule has 1 aromatic rings. The number of esters is 1. The summed E-state index contributed by atoms with van der Waals surface area (Å²) in [6.45, 7) is 6.83. The third kappa shape index (κ3) is 9.35. The summed E-state index contributed by atoms with van der Waals surface area (Å²) in [5.41, 5.74) is 5.79. The maximum Gasteiger partial charge on any atom is 0.459 e. The van der Waals surface area contributed by atoms with Gasteiger partial charge in [0.05, 0.1) is 18.8 Å². The molecule has 9 heteroatoms. The van der Waals surface area contributed by atoms with Gasteiger partial charge in [0, 0.05) is 13.2 Å². The highest BCUT2D eigenvalue weighted by Gasteiger charge is 2.33. The van der Waals surface area contributed by atoms with Crippen LogP contribution in [-0.4, -0.2) is 44.0 Å². The summed E-state index contributed by atoms with van der Waals surface area (Å²) in [6, 6.07) is 7.57. The van der Waals surface area contributed by atoms with Crippen LogP contribution >= 0.6 is 7.75 Å². The maximum atomic E-state index is 13.2. The van der Waals surface area contributed by atoms with E-state index in [1.807, 2.05) is 6.92 Å². The third-order valence-electron chi connectivity index (χ3n) is 3.42. The van der Waals surface area contributed by atoms with E-state index < -0.39 is 19.8 Å². The summed E-state index contributed by atoms with van der Waals surface area (Å²) in [5, 5.41) is 2.63. The van der Waals surface area contributed by atoms with Gasteiger partial charge in [-0.25, -0.2) is 4.57 Å². The molecule has 0 amide bonds. The Morgan fingerprint density at radius 1 is 1.19 bits per heavy atom. The van der Waals surface area contributed by atoms with E-state index in [0.29, 0.717) is 12.2 Å². The number of hydrogen-bond donors (Lipinski definition) is 2. The molecule has 0 aromatic heterocycles. The highest BCUT2D eigenvalue weighted by atomic mass is 31.2. The van der Waals surface area contributed by atoms with E-state index in [-0.39, 0.29) is 24.9 Å². The fraction of sp³-hybridized carbons (Fsp3) is 0.611. The largest absolute Gasteiger partial charge is 0.462 e. The van der Waals surface area contributed by atoms with E-state index in [1.54, 1.807) is 44.2 Å². The molecule has 0 bridgehead atoms. The third-order valence-corrected chi connectivity index (χ3v) is 5.07. The second kappa shape index (κ2) is 11.4. The molecule has 0 aliphatic rings. The lowest BCUT2D eigenvalue weighted by Crippen LogP contribution is -2.37. The summed E-state index contributed by atoms with van der Waals surface area (Å²) in [5.74, 6) is -0.205. The molecule has 0 spiro atoms. The zero-order valence-electron chi connectivity index (χ0n) is 16.6. The second-order valence-corrected chi connectivity index (χ2v) is 8.30. The monoisotopic (exact) mass is 402 g/mol. The van der Waals surface area contributed by atoms with Crippen molar-refractivity contribution in [1.29, 1.82) is 0 Å². The number of benzene rings is 1. The summed E-state index contributed by atoms with van der Waals surface area (Å²) in [7, 11) is -2.35. The maximum absolute atomic E-state index is 13.2. The van der Waals surface area contributed by atoms with Crippen LogP contribution in [0.3, 0.4) is 0 Å². The summed E-state index contributed by atoms with van der Waals surface area (Å²) < 4.78 is 34.8. The number of carbonyl (C=O) groups is 1. The van der Waals surface area contributed by atoms with Gasteiger partial charge in [-0.05, 0) is 46.2 Å². The molecular formula is C18H31N2O6P. The molecule has 154 valence electrons. The van der Waals surface area contributed by atoms with Crippen LogP contribution in [-0.2, 0) is 23.4 Å². The van der Waals surface area contributed by atoms with Crippen molar-refractivity contribution in [3.63, 3.8) is 0 Å². The van der Waals surface area contributed by atoms with Gasteiger partial charge in [0.1, 0.15) is 11.8 Å². The Morgan fingerprint density at radius 2 is 1.81 bits per heavy atom. The Morgan fingerprint density at radius 3 is 2.33 bits per heavy atom. The number of methoxy groups -OCH3 is 1. The van der Waals surface area contributed by atoms with Crippen molar-refractivity contribution in [1.82, 2.24) is 5.09 Å². The minimum Gasteiger partial charge on any atom is -0.462 e. The number of rotatable bonds is 12. The topological polar surface area (TPSA) is 109 Å². The molecule has 3 unspecified atom stereocenters. The van der Waals surface area contributed by atoms with Crippen LogP contribution in [0.4, 0.5) is 0 Å². The summed E-state index contributed by atoms with van der Waals surface area (Å²) in [4.78, 5) is 12.1. The fourth-order valence-corrected chi connectivity index (χ4v) is 3.68. The normalized spacial score (nSPS) is 17.0. The van der Waals surface area contributed by atoms with Crippen molar-refractivity contribution < 1.29 is 27.9 Å². The van der Waals surface area contributed by atoms with Gasteiger partial charge in [-0.15, -0.1) is 0 Å². The minimum atomic E-state index is -3.88. The van der Waals surface area contributed by atoms with Gasteiger partial charge in [0.25, 0.3) is 0 Å². The van der Waals surface area contributed by atoms with Crippen molar-refractivity contribution in [2.24, 2.45) is 5.73 Å². The number of ether oxygens (including phenoxy) is 2. The summed E-state index contributed by atoms with van der Waals surface area (Å²) in [6.07, 6.45) is -0.134. The molecule has 0 saturated heterocycles. The van der Waals surface area contributed by atoms with Crippen LogP contribution in [0, 0.1) is 0 Å². The molecule has 0 aliphatic heterocycles. The van der Waals surface area contributed by atoms with E-state index in [0.717, 1.165) is 0 Å². The fourth-order valence-electron chi connectivity index (χ4n) is 2.16. The van der Waals surface area contributed by atoms with Crippen LogP contribution in [0.2, 0.25) is 0 Å². The number of nitrogens with one attached hydrogen (secondary N) is 1. The molecule has 0 aliphatic carbocycles. The van der Waals surface area contributed by atoms with Crippen LogP contribution in [0.5, 0.6) is 5.75 Å². The average molecular weight is 402 g/mol. The van der Waals surface area contributed by atoms with E-state index in [9.17, 15) is 9.36 Å². The quantitative estimate of drug-likeness (QED) is 0.406. The molecule has 4 atom stereocenters. The summed E-state index contributed by atoms with van der Waals surface area (Å²) >= 11 is 0. The van der Waals surface area contributed by atoms with Gasteiger partial charge in [-0.2, -0.15) is 5.09 Å². The van der Waals surface area contributed by atoms with Crippen molar-refractivity contribution in [3.8, 4) is 5.75 Å². The number of para-hydroxylation sites is 1. The van der Waals surface area contributed by atoms with Gasteiger partial charge in [0.2, 0.25) is 0 Å². The number of nitrogens with two attached hydrogens (primary N) is 1. The molecule has 27 heavy (non-hydrogen) atoms. The Hall–Kier alpha value is -1.44. The Bertz CT molecular complexity index is 611. The first-order valence-corrected chi connectivity index (χ1v) is 10.5. The Balaban J connectivity index is 2.88. The van der Waals surface area contributed by atoms with E-state index in [1.165, 1.54) is 14.0 Å². The minimum absolute atomic E-state index is 0.0128. The van der Waals surface area contributed by atoms with Gasteiger partial charge >= 0.3 is 13.7 Å². The zero-order chi connectivity index (χ0) is 20.4. The number of carbonyl (C=O) groups excluding carboxylic acids is 1. The van der Waals surface area contributed by atoms with Crippen molar-refractivity contribution in [2.45, 2.75) is 58.4 Å². The van der Waals surface area contributed by atoms with Crippen molar-refractivity contribution in [2.75, 3.05) is 13.7 Å². The van der Waals surface area contributed by atoms with E-state index >= 15 is 0 Å². The van der Waals surface area contributed by atoms with Crippen LogP contribution in [0.15, 0.2) is 30.3 Å². The van der Waals surface area contributed by atoms with E-state index in [2.05, 4.69) is 5.09 Å². The molecule has 1 aromatic carbocycles. The van der Waals surface area contributed by atoms with Gasteiger partial charge in [-0.3, -0.25) is 9.32 Å². The molecule has 1 rings (SSSR count). The average Bonchev–Trinajstić information content (AvgIpc) is 2.58. The first-order chi connectivity index (χ1) is 12.6. The zero-order valence-corrected chi connectivity index (χ0v) is 17.5. The van der Waals surface area contributed by atoms with Crippen molar-refractivity contribution in [3.05, 3.63) is 30.3 Å². The SMILES string of the molecule is COC(COP(=O)(N[C@@H](C)C(=O)OC(C)C)Oc1ccccc1)CC(C)N. The molecule has 8 nitrogen and oxygen atoms in total. The lowest BCUT2D eigenvalue weighted by molar-refractivity contribution is -0.149. The first kappa shape index (κ1) is 23.6. The lowest BCUT2D eigenvalue weighted by Gasteiger charge is -2.25. The molecule has 0 radical (unpaired) electrons. The lowest BCUT2D eigenvalue weighted by atomic mass is 10.1. The number of hydrogen-bond acceptors (Lipinski definition) is 7. The molecule has 0 saturated carbocycles. The van der Waals surface area contributed by atoms with Gasteiger partial charge in [-0.1, -0.05) is 18.2 Å². The highest BCUT2D eigenvalue weighted by Crippen LogP contribution is 2.45. The van der Waals surface area contributed by atoms with Crippen LogP contribution in [0.1, 0.15) is 34.1 Å². The van der Waals surface area contributed by atoms with Gasteiger partial charge in [0.15, 0.2) is 0 Å². The van der Waals surface area contributed by atoms with Gasteiger partial charge < -0.3 is 19.7 Å². The second-order valence-electron chi connectivity index (χ2n) is 6.60. The standard InChI is InChI=1S/C18H31N2O6P/c1-13(2)25-18(21)15(4)20-27(22,26-16-9-7-6-8-10-16)24-12-17(23-5)11-14(3)19/h6-10,13-15,17H,11-12,19H2,1-5H3,(H,20,22)/t14?,15-,17?,27?/m0/s1. The van der Waals surface area contributed by atoms with Crippen molar-refractivity contribution >= 4 is 13.7 Å². The van der Waals surface area contributed by atoms with Crippen LogP contribution in [0.25, 0.3) is 0 Å². The highest BCUT2D eigenvalue weighted by molar-refractivity contribution is 7.52. The molecule has 0 fully saturated rings.